The Hall–Kier alpha value is 0.140. The van der Waals surface area contributed by atoms with E-state index in [-0.39, 0.29) is 0 Å². The standard InChI is InChI=1S/C2F8S2/c3-1(4,5)11-12(9,10)2(6,7)8. The summed E-state index contributed by atoms with van der Waals surface area (Å²) < 4.78 is 89.9. The van der Waals surface area contributed by atoms with E-state index < -0.39 is 31.6 Å². The van der Waals surface area contributed by atoms with Gasteiger partial charge in [-0.3, -0.25) is 0 Å². The van der Waals surface area contributed by atoms with Gasteiger partial charge in [0.1, 0.15) is 0 Å². The second kappa shape index (κ2) is 3.13. The molecule has 10 heteroatoms. The van der Waals surface area contributed by atoms with Gasteiger partial charge in [0.25, 0.3) is 0 Å². The van der Waals surface area contributed by atoms with Crippen LogP contribution in [-0.4, -0.2) is 11.0 Å². The number of hydrogen-bond acceptors (Lipinski definition) is 1. The molecular formula is C2F8S2. The summed E-state index contributed by atoms with van der Waals surface area (Å²) in [5.41, 5.74) is -11.7. The maximum atomic E-state index is 11.6. The highest BCUT2D eigenvalue weighted by Crippen LogP contribution is 2.76. The Labute approximate surface area is 66.6 Å². The Balaban J connectivity index is 4.44. The molecule has 0 saturated heterocycles. The summed E-state index contributed by atoms with van der Waals surface area (Å²) in [7, 11) is -8.97. The first-order valence-electron chi connectivity index (χ1n) is 2.02. The van der Waals surface area contributed by atoms with Crippen LogP contribution in [0.1, 0.15) is 0 Å². The van der Waals surface area contributed by atoms with Gasteiger partial charge in [-0.15, -0.1) is 7.77 Å². The lowest BCUT2D eigenvalue weighted by molar-refractivity contribution is -0.0471. The van der Waals surface area contributed by atoms with Gasteiger partial charge < -0.3 is 0 Å². The third-order valence-electron chi connectivity index (χ3n) is 0.469. The molecule has 0 aliphatic heterocycles. The number of halogens is 8. The fraction of sp³-hybridized carbons (Fsp3) is 1.00. The first-order valence-corrected chi connectivity index (χ1v) is 4.78. The van der Waals surface area contributed by atoms with Crippen molar-refractivity contribution >= 4 is 20.6 Å². The van der Waals surface area contributed by atoms with Crippen LogP contribution in [0.25, 0.3) is 0 Å². The highest BCUT2D eigenvalue weighted by atomic mass is 33.2. The maximum absolute atomic E-state index is 11.6. The molecule has 0 aromatic carbocycles. The molecule has 0 saturated carbocycles. The second-order valence-corrected chi connectivity index (χ2v) is 5.09. The molecule has 0 radical (unpaired) electrons. The molecular weight excluding hydrogens is 240 g/mol. The number of hydrogen-bond donors (Lipinski definition) is 0. The predicted octanol–water partition coefficient (Wildman–Crippen LogP) is 4.25. The molecule has 0 amide bonds. The van der Waals surface area contributed by atoms with Gasteiger partial charge in [0.15, 0.2) is 0 Å². The SMILES string of the molecule is FC(F)(F)SS(F)(F)C(F)(F)F. The molecule has 0 heterocycles. The van der Waals surface area contributed by atoms with Gasteiger partial charge >= 0.3 is 11.0 Å². The van der Waals surface area contributed by atoms with Crippen LogP contribution in [0.3, 0.4) is 0 Å². The molecule has 0 spiro atoms. The van der Waals surface area contributed by atoms with Gasteiger partial charge in [0, 0.05) is 0 Å². The van der Waals surface area contributed by atoms with E-state index in [4.69, 9.17) is 0 Å². The molecule has 0 aliphatic carbocycles. The molecule has 0 aromatic heterocycles. The minimum absolute atomic E-state index is 2.31. The van der Waals surface area contributed by atoms with Crippen molar-refractivity contribution in [3.05, 3.63) is 0 Å². The summed E-state index contributed by atoms with van der Waals surface area (Å²) in [6.07, 6.45) is 0. The maximum Gasteiger partial charge on any atom is 0.488 e. The molecule has 12 heavy (non-hydrogen) atoms. The normalized spacial score (nSPS) is 16.3. The summed E-state index contributed by atoms with van der Waals surface area (Å²) in [5.74, 6) is 0. The largest absolute Gasteiger partial charge is 0.488 e. The quantitative estimate of drug-likeness (QED) is 0.487. The van der Waals surface area contributed by atoms with Crippen molar-refractivity contribution in [1.29, 1.82) is 0 Å². The van der Waals surface area contributed by atoms with Crippen LogP contribution in [-0.2, 0) is 0 Å². The van der Waals surface area contributed by atoms with Crippen LogP contribution in [0.2, 0.25) is 0 Å². The number of rotatable bonds is 1. The molecule has 0 nitrogen and oxygen atoms in total. The number of alkyl halides is 6. The van der Waals surface area contributed by atoms with Gasteiger partial charge in [-0.2, -0.15) is 26.3 Å². The van der Waals surface area contributed by atoms with Crippen molar-refractivity contribution in [3.8, 4) is 0 Å². The molecule has 0 unspecified atom stereocenters. The summed E-state index contributed by atoms with van der Waals surface area (Å²) in [4.78, 5) is 0. The highest BCUT2D eigenvalue weighted by molar-refractivity contribution is 8.90. The van der Waals surface area contributed by atoms with E-state index in [1.54, 1.807) is 0 Å². The van der Waals surface area contributed by atoms with E-state index >= 15 is 0 Å². The van der Waals surface area contributed by atoms with Crippen LogP contribution in [0.5, 0.6) is 0 Å². The molecule has 0 atom stereocenters. The predicted molar refractivity (Wildman–Crippen MR) is 29.5 cm³/mol. The zero-order chi connectivity index (χ0) is 10.2. The molecule has 0 aliphatic rings. The van der Waals surface area contributed by atoms with E-state index in [1.807, 2.05) is 0 Å². The molecule has 0 N–H and O–H groups in total. The Bertz CT molecular complexity index is 153. The van der Waals surface area contributed by atoms with E-state index in [0.717, 1.165) is 0 Å². The van der Waals surface area contributed by atoms with E-state index in [1.165, 1.54) is 0 Å². The highest BCUT2D eigenvalue weighted by Gasteiger charge is 2.59. The van der Waals surface area contributed by atoms with Gasteiger partial charge in [-0.05, 0) is 0 Å². The van der Waals surface area contributed by atoms with Gasteiger partial charge in [-0.25, -0.2) is 0 Å². The van der Waals surface area contributed by atoms with E-state index in [9.17, 15) is 34.1 Å². The fourth-order valence-corrected chi connectivity index (χ4v) is 1.49. The third-order valence-corrected chi connectivity index (χ3v) is 3.17. The monoisotopic (exact) mass is 240 g/mol. The molecule has 76 valence electrons. The van der Waals surface area contributed by atoms with Crippen molar-refractivity contribution in [2.75, 3.05) is 0 Å². The van der Waals surface area contributed by atoms with Gasteiger partial charge in [-0.1, -0.05) is 0 Å². The van der Waals surface area contributed by atoms with Crippen LogP contribution in [0.4, 0.5) is 34.1 Å². The van der Waals surface area contributed by atoms with Crippen molar-refractivity contribution in [2.45, 2.75) is 11.0 Å². The summed E-state index contributed by atoms with van der Waals surface area (Å²) >= 11 is 0. The van der Waals surface area contributed by atoms with Crippen molar-refractivity contribution in [3.63, 3.8) is 0 Å². The average molecular weight is 240 g/mol. The minimum Gasteiger partial charge on any atom is -0.160 e. The Morgan fingerprint density at radius 3 is 1.25 bits per heavy atom. The lowest BCUT2D eigenvalue weighted by atomic mass is 11.6. The molecule has 0 rings (SSSR count). The smallest absolute Gasteiger partial charge is 0.160 e. The first-order chi connectivity index (χ1) is 4.96. The second-order valence-electron chi connectivity index (χ2n) is 1.40. The lowest BCUT2D eigenvalue weighted by Crippen LogP contribution is -2.13. The zero-order valence-corrected chi connectivity index (χ0v) is 6.47. The van der Waals surface area contributed by atoms with Crippen molar-refractivity contribution in [2.24, 2.45) is 0 Å². The topological polar surface area (TPSA) is 0 Å². The molecule has 0 aromatic rings. The van der Waals surface area contributed by atoms with Crippen molar-refractivity contribution in [1.82, 2.24) is 0 Å². The molecule has 0 bridgehead atoms. The Morgan fingerprint density at radius 2 is 1.17 bits per heavy atom. The summed E-state index contributed by atoms with van der Waals surface area (Å²) in [5, 5.41) is 0. The average Bonchev–Trinajstić information content (AvgIpc) is 1.52. The first kappa shape index (κ1) is 12.1. The third kappa shape index (κ3) is 3.70. The lowest BCUT2D eigenvalue weighted by Gasteiger charge is -2.22. The minimum atomic E-state index is -6.66. The van der Waals surface area contributed by atoms with E-state index in [0.29, 0.717) is 0 Å². The van der Waals surface area contributed by atoms with Crippen molar-refractivity contribution < 1.29 is 34.1 Å². The van der Waals surface area contributed by atoms with Gasteiger partial charge in [0.2, 0.25) is 9.83 Å². The van der Waals surface area contributed by atoms with E-state index in [2.05, 4.69) is 0 Å². The molecule has 0 fully saturated rings. The zero-order valence-electron chi connectivity index (χ0n) is 4.84. The van der Waals surface area contributed by atoms with Crippen LogP contribution >= 0.6 is 20.6 Å². The van der Waals surface area contributed by atoms with Crippen LogP contribution < -0.4 is 0 Å². The fourth-order valence-electron chi connectivity index (χ4n) is 0.166. The van der Waals surface area contributed by atoms with Crippen LogP contribution in [0, 0.1) is 0 Å². The van der Waals surface area contributed by atoms with Gasteiger partial charge in [0.05, 0.1) is 10.8 Å². The van der Waals surface area contributed by atoms with Crippen LogP contribution in [0.15, 0.2) is 0 Å². The Kier molecular flexibility index (Phi) is 3.16. The Morgan fingerprint density at radius 1 is 0.833 bits per heavy atom. The summed E-state index contributed by atoms with van der Waals surface area (Å²) in [6.45, 7) is 0. The summed E-state index contributed by atoms with van der Waals surface area (Å²) in [6, 6.07) is 0.